The first-order valence-electron chi connectivity index (χ1n) is 7.16. The number of rotatable bonds is 0. The molecule has 0 saturated carbocycles. The summed E-state index contributed by atoms with van der Waals surface area (Å²) in [6, 6.07) is 8.66. The molecule has 0 spiro atoms. The monoisotopic (exact) mass is 256 g/mol. The van der Waals surface area contributed by atoms with Crippen molar-refractivity contribution in [3.05, 3.63) is 46.5 Å². The highest BCUT2D eigenvalue weighted by Gasteiger charge is 2.64. The van der Waals surface area contributed by atoms with E-state index >= 15 is 0 Å². The zero-order chi connectivity index (χ0) is 14.2. The van der Waals surface area contributed by atoms with Gasteiger partial charge in [0, 0.05) is 16.2 Å². The Morgan fingerprint density at radius 3 is 2.00 bits per heavy atom. The van der Waals surface area contributed by atoms with Crippen molar-refractivity contribution in [1.29, 1.82) is 0 Å². The van der Waals surface area contributed by atoms with E-state index in [1.54, 1.807) is 0 Å². The molecule has 0 amide bonds. The molecule has 3 aliphatic rings. The molecule has 3 unspecified atom stereocenters. The van der Waals surface area contributed by atoms with E-state index in [1.807, 2.05) is 0 Å². The smallest absolute Gasteiger partial charge is 0.0733 e. The lowest BCUT2D eigenvalue weighted by Gasteiger charge is -2.64. The summed E-state index contributed by atoms with van der Waals surface area (Å²) >= 11 is 0. The van der Waals surface area contributed by atoms with Crippen LogP contribution < -0.4 is 0 Å². The Morgan fingerprint density at radius 1 is 0.895 bits per heavy atom. The number of hydrogen-bond donors (Lipinski definition) is 1. The summed E-state index contributed by atoms with van der Waals surface area (Å²) in [6.45, 7) is 13.4. The van der Waals surface area contributed by atoms with Gasteiger partial charge in [0.25, 0.3) is 0 Å². The Morgan fingerprint density at radius 2 is 1.42 bits per heavy atom. The number of fused-ring (bicyclic) bond motifs is 1. The van der Waals surface area contributed by atoms with Crippen LogP contribution in [0.4, 0.5) is 0 Å². The van der Waals surface area contributed by atoms with Gasteiger partial charge in [-0.2, -0.15) is 0 Å². The lowest BCUT2D eigenvalue weighted by Crippen LogP contribution is -2.65. The van der Waals surface area contributed by atoms with Crippen LogP contribution in [0.3, 0.4) is 0 Å². The average molecular weight is 256 g/mol. The maximum Gasteiger partial charge on any atom is 0.0733 e. The van der Waals surface area contributed by atoms with Crippen LogP contribution in [0.15, 0.2) is 35.4 Å². The maximum atomic E-state index is 11.1. The topological polar surface area (TPSA) is 20.2 Å². The normalized spacial score (nSPS) is 39.4. The lowest BCUT2D eigenvalue weighted by atomic mass is 9.40. The minimum Gasteiger partial charge on any atom is -0.391 e. The predicted molar refractivity (Wildman–Crippen MR) is 79.3 cm³/mol. The molecule has 1 aromatic carbocycles. The van der Waals surface area contributed by atoms with Crippen LogP contribution in [-0.2, 0) is 10.8 Å². The Bertz CT molecular complexity index is 595. The van der Waals surface area contributed by atoms with Gasteiger partial charge in [-0.05, 0) is 31.9 Å². The van der Waals surface area contributed by atoms with Crippen molar-refractivity contribution in [3.8, 4) is 0 Å². The lowest BCUT2D eigenvalue weighted by molar-refractivity contribution is -0.0606. The minimum atomic E-state index is -0.344. The quantitative estimate of drug-likeness (QED) is 0.697. The maximum absolute atomic E-state index is 11.1. The van der Waals surface area contributed by atoms with Gasteiger partial charge in [0.15, 0.2) is 0 Å². The first kappa shape index (κ1) is 12.9. The van der Waals surface area contributed by atoms with Gasteiger partial charge in [0.2, 0.25) is 0 Å². The molecule has 19 heavy (non-hydrogen) atoms. The van der Waals surface area contributed by atoms with Crippen LogP contribution in [0.25, 0.3) is 0 Å². The fraction of sp³-hybridized carbons (Fsp3) is 0.556. The van der Waals surface area contributed by atoms with E-state index in [0.717, 1.165) is 0 Å². The molecule has 0 fully saturated rings. The van der Waals surface area contributed by atoms with Gasteiger partial charge < -0.3 is 5.11 Å². The largest absolute Gasteiger partial charge is 0.391 e. The van der Waals surface area contributed by atoms with Crippen molar-refractivity contribution in [3.63, 3.8) is 0 Å². The van der Waals surface area contributed by atoms with E-state index in [0.29, 0.717) is 0 Å². The molecule has 0 aromatic heterocycles. The van der Waals surface area contributed by atoms with Crippen molar-refractivity contribution < 1.29 is 5.11 Å². The van der Waals surface area contributed by atoms with Gasteiger partial charge in [0.1, 0.15) is 0 Å². The Balaban J connectivity index is 2.50. The van der Waals surface area contributed by atoms with E-state index in [2.05, 4.69) is 65.8 Å². The fourth-order valence-electron chi connectivity index (χ4n) is 4.72. The third-order valence-electron chi connectivity index (χ3n) is 6.64. The number of hydrogen-bond acceptors (Lipinski definition) is 1. The second-order valence-corrected chi connectivity index (χ2v) is 7.25. The van der Waals surface area contributed by atoms with E-state index in [9.17, 15) is 5.11 Å². The molecular formula is C18H24O. The molecule has 1 heteroatoms. The number of benzene rings is 1. The van der Waals surface area contributed by atoms with Crippen LogP contribution in [0, 0.1) is 5.41 Å². The highest BCUT2D eigenvalue weighted by atomic mass is 16.3. The van der Waals surface area contributed by atoms with Gasteiger partial charge in [0.05, 0.1) is 6.10 Å². The number of aliphatic hydroxyl groups is 1. The third-order valence-corrected chi connectivity index (χ3v) is 6.64. The molecule has 2 bridgehead atoms. The first-order chi connectivity index (χ1) is 8.70. The van der Waals surface area contributed by atoms with Crippen LogP contribution in [-0.4, -0.2) is 11.2 Å². The van der Waals surface area contributed by atoms with E-state index in [4.69, 9.17) is 0 Å². The summed E-state index contributed by atoms with van der Waals surface area (Å²) in [4.78, 5) is 0. The second-order valence-electron chi connectivity index (χ2n) is 7.25. The second kappa shape index (κ2) is 3.32. The van der Waals surface area contributed by atoms with Crippen molar-refractivity contribution in [2.24, 2.45) is 5.41 Å². The highest BCUT2D eigenvalue weighted by molar-refractivity contribution is 5.61. The molecule has 1 nitrogen and oxygen atoms in total. The molecule has 102 valence electrons. The molecular weight excluding hydrogens is 232 g/mol. The highest BCUT2D eigenvalue weighted by Crippen LogP contribution is 2.65. The number of aliphatic hydroxyl groups excluding tert-OH is 1. The molecule has 3 aliphatic carbocycles. The molecule has 1 aromatic rings. The Hall–Kier alpha value is -1.08. The average Bonchev–Trinajstić information content (AvgIpc) is 2.40. The molecule has 0 saturated heterocycles. The molecule has 0 aliphatic heterocycles. The molecule has 4 rings (SSSR count). The summed E-state index contributed by atoms with van der Waals surface area (Å²) in [7, 11) is 0. The van der Waals surface area contributed by atoms with E-state index < -0.39 is 0 Å². The predicted octanol–water partition coefficient (Wildman–Crippen LogP) is 3.95. The first-order valence-corrected chi connectivity index (χ1v) is 7.16. The van der Waals surface area contributed by atoms with Crippen LogP contribution in [0.2, 0.25) is 0 Å². The van der Waals surface area contributed by atoms with Gasteiger partial charge in [-0.25, -0.2) is 0 Å². The number of allylic oxidation sites excluding steroid dienone is 1. The summed E-state index contributed by atoms with van der Waals surface area (Å²) < 4.78 is 0. The van der Waals surface area contributed by atoms with Crippen LogP contribution >= 0.6 is 0 Å². The third kappa shape index (κ3) is 1.08. The van der Waals surface area contributed by atoms with Gasteiger partial charge >= 0.3 is 0 Å². The van der Waals surface area contributed by atoms with Gasteiger partial charge in [-0.1, -0.05) is 56.2 Å². The van der Waals surface area contributed by atoms with Crippen molar-refractivity contribution in [2.75, 3.05) is 0 Å². The molecule has 3 atom stereocenters. The standard InChI is InChI=1S/C18H24O/c1-11-12(2)18(6)14-10-8-7-9-13(14)17(11,5)15(19)16(18,3)4/h7-10,15,19H,1-6H3. The Kier molecular flexibility index (Phi) is 2.26. The van der Waals surface area contributed by atoms with Gasteiger partial charge in [-0.3, -0.25) is 0 Å². The fourth-order valence-corrected chi connectivity index (χ4v) is 4.72. The van der Waals surface area contributed by atoms with E-state index in [1.165, 1.54) is 22.3 Å². The summed E-state index contributed by atoms with van der Waals surface area (Å²) in [6.07, 6.45) is -0.344. The molecule has 0 radical (unpaired) electrons. The van der Waals surface area contributed by atoms with Crippen molar-refractivity contribution >= 4 is 0 Å². The summed E-state index contributed by atoms with van der Waals surface area (Å²) in [5.74, 6) is 0. The van der Waals surface area contributed by atoms with Gasteiger partial charge in [-0.15, -0.1) is 0 Å². The van der Waals surface area contributed by atoms with Crippen molar-refractivity contribution in [1.82, 2.24) is 0 Å². The van der Waals surface area contributed by atoms with E-state index in [-0.39, 0.29) is 22.3 Å². The van der Waals surface area contributed by atoms with Crippen LogP contribution in [0.5, 0.6) is 0 Å². The van der Waals surface area contributed by atoms with Crippen molar-refractivity contribution in [2.45, 2.75) is 58.5 Å². The summed E-state index contributed by atoms with van der Waals surface area (Å²) in [5, 5.41) is 11.1. The zero-order valence-electron chi connectivity index (χ0n) is 12.8. The Labute approximate surface area is 116 Å². The molecule has 0 heterocycles. The molecule has 1 N–H and O–H groups in total. The summed E-state index contributed by atoms with van der Waals surface area (Å²) in [5.41, 5.74) is 5.01. The minimum absolute atomic E-state index is 0.0785. The SMILES string of the molecule is CC1=C(C)C2(C)c3ccccc3C1(C)C(O)C2(C)C. The zero-order valence-corrected chi connectivity index (χ0v) is 12.8. The van der Waals surface area contributed by atoms with Crippen LogP contribution in [0.1, 0.15) is 52.7 Å².